The molecule has 0 fully saturated rings. The number of carbonyl (C=O) groups excluding carboxylic acids is 1. The van der Waals surface area contributed by atoms with E-state index in [0.29, 0.717) is 12.1 Å². The van der Waals surface area contributed by atoms with Crippen LogP contribution in [0.3, 0.4) is 0 Å². The molecule has 0 radical (unpaired) electrons. The van der Waals surface area contributed by atoms with E-state index in [1.807, 2.05) is 6.92 Å². The lowest BCUT2D eigenvalue weighted by atomic mass is 10.2. The normalized spacial score (nSPS) is 11.8. The first-order valence-electron chi connectivity index (χ1n) is 5.47. The van der Waals surface area contributed by atoms with Crippen LogP contribution in [0.2, 0.25) is 0 Å². The van der Waals surface area contributed by atoms with Gasteiger partial charge in [0.05, 0.1) is 4.90 Å². The molecule has 5 heteroatoms. The van der Waals surface area contributed by atoms with Crippen molar-refractivity contribution < 1.29 is 13.2 Å². The van der Waals surface area contributed by atoms with Gasteiger partial charge in [-0.05, 0) is 25.5 Å². The fourth-order valence-electron chi connectivity index (χ4n) is 1.48. The molecule has 0 amide bonds. The summed E-state index contributed by atoms with van der Waals surface area (Å²) in [4.78, 5) is 11.3. The molecule has 1 aromatic carbocycles. The highest BCUT2D eigenvalue weighted by atomic mass is 32.2. The largest absolute Gasteiger partial charge is 0.295 e. The summed E-state index contributed by atoms with van der Waals surface area (Å²) < 4.78 is 25.4. The molecule has 0 saturated carbocycles. The molecule has 0 bridgehead atoms. The lowest BCUT2D eigenvalue weighted by Gasteiger charge is -2.16. The van der Waals surface area contributed by atoms with Crippen molar-refractivity contribution in [1.82, 2.24) is 4.31 Å². The van der Waals surface area contributed by atoms with Crippen LogP contribution in [0.1, 0.15) is 30.6 Å². The Hall–Kier alpha value is -1.20. The lowest BCUT2D eigenvalue weighted by Crippen LogP contribution is -2.27. The smallest absolute Gasteiger partial charge is 0.242 e. The van der Waals surface area contributed by atoms with Crippen LogP contribution in [0.25, 0.3) is 0 Å². The maximum atomic E-state index is 12.0. The van der Waals surface area contributed by atoms with Crippen molar-refractivity contribution in [3.8, 4) is 0 Å². The van der Waals surface area contributed by atoms with Crippen LogP contribution >= 0.6 is 0 Å². The van der Waals surface area contributed by atoms with E-state index in [2.05, 4.69) is 0 Å². The van der Waals surface area contributed by atoms with Crippen molar-refractivity contribution in [1.29, 1.82) is 0 Å². The molecule has 0 aliphatic rings. The Bertz CT molecular complexity index is 491. The second-order valence-corrected chi connectivity index (χ2v) is 5.95. The highest BCUT2D eigenvalue weighted by molar-refractivity contribution is 7.89. The van der Waals surface area contributed by atoms with Gasteiger partial charge in [-0.1, -0.05) is 19.1 Å². The van der Waals surface area contributed by atoms with Crippen LogP contribution in [-0.4, -0.2) is 32.1 Å². The summed E-state index contributed by atoms with van der Waals surface area (Å²) in [6.45, 7) is 3.86. The third-order valence-corrected chi connectivity index (χ3v) is 4.38. The molecule has 0 atom stereocenters. The molecule has 0 heterocycles. The van der Waals surface area contributed by atoms with Gasteiger partial charge in [0.2, 0.25) is 10.0 Å². The molecule has 0 N–H and O–H groups in total. The molecule has 4 nitrogen and oxygen atoms in total. The summed E-state index contributed by atoms with van der Waals surface area (Å²) in [6.07, 6.45) is 0.765. The molecule has 0 unspecified atom stereocenters. The van der Waals surface area contributed by atoms with E-state index in [1.165, 1.54) is 35.5 Å². The van der Waals surface area contributed by atoms with Gasteiger partial charge >= 0.3 is 0 Å². The summed E-state index contributed by atoms with van der Waals surface area (Å²) in [7, 11) is -1.87. The zero-order valence-electron chi connectivity index (χ0n) is 10.3. The summed E-state index contributed by atoms with van der Waals surface area (Å²) in [6, 6.07) is 6.01. The average Bonchev–Trinajstić information content (AvgIpc) is 2.29. The molecule has 94 valence electrons. The Morgan fingerprint density at radius 1 is 1.24 bits per heavy atom. The van der Waals surface area contributed by atoms with E-state index in [9.17, 15) is 13.2 Å². The monoisotopic (exact) mass is 255 g/mol. The van der Waals surface area contributed by atoms with Crippen molar-refractivity contribution in [3.05, 3.63) is 29.8 Å². The number of hydrogen-bond donors (Lipinski definition) is 0. The van der Waals surface area contributed by atoms with Crippen LogP contribution in [0.4, 0.5) is 0 Å². The van der Waals surface area contributed by atoms with Crippen molar-refractivity contribution in [2.45, 2.75) is 25.2 Å². The first-order valence-corrected chi connectivity index (χ1v) is 6.91. The van der Waals surface area contributed by atoms with Gasteiger partial charge in [0, 0.05) is 19.2 Å². The Morgan fingerprint density at radius 2 is 1.76 bits per heavy atom. The number of nitrogens with zero attached hydrogens (tertiary/aromatic N) is 1. The molecule has 0 saturated heterocycles. The van der Waals surface area contributed by atoms with Gasteiger partial charge in [-0.2, -0.15) is 0 Å². The fraction of sp³-hybridized carbons (Fsp3) is 0.417. The van der Waals surface area contributed by atoms with E-state index >= 15 is 0 Å². The number of benzene rings is 1. The quantitative estimate of drug-likeness (QED) is 0.755. The minimum Gasteiger partial charge on any atom is -0.295 e. The number of ketones is 1. The second kappa shape index (κ2) is 5.42. The Balaban J connectivity index is 3.04. The Kier molecular flexibility index (Phi) is 4.42. The van der Waals surface area contributed by atoms with Gasteiger partial charge in [0.25, 0.3) is 0 Å². The van der Waals surface area contributed by atoms with E-state index in [1.54, 1.807) is 7.05 Å². The van der Waals surface area contributed by atoms with E-state index in [4.69, 9.17) is 0 Å². The Morgan fingerprint density at radius 3 is 2.18 bits per heavy atom. The van der Waals surface area contributed by atoms with Crippen molar-refractivity contribution >= 4 is 15.8 Å². The zero-order valence-corrected chi connectivity index (χ0v) is 11.1. The van der Waals surface area contributed by atoms with Gasteiger partial charge < -0.3 is 0 Å². The standard InChI is InChI=1S/C12H17NO3S/c1-4-9-13(3)17(15,16)12-7-5-11(6-8-12)10(2)14/h5-8H,4,9H2,1-3H3. The van der Waals surface area contributed by atoms with Gasteiger partial charge in [-0.25, -0.2) is 12.7 Å². The number of sulfonamides is 1. The summed E-state index contributed by atoms with van der Waals surface area (Å²) >= 11 is 0. The third-order valence-electron chi connectivity index (χ3n) is 2.51. The number of carbonyl (C=O) groups is 1. The van der Waals surface area contributed by atoms with E-state index < -0.39 is 10.0 Å². The summed E-state index contributed by atoms with van der Waals surface area (Å²) in [5, 5.41) is 0. The molecule has 0 spiro atoms. The fourth-order valence-corrected chi connectivity index (χ4v) is 2.74. The second-order valence-electron chi connectivity index (χ2n) is 3.91. The zero-order chi connectivity index (χ0) is 13.1. The number of hydrogen-bond acceptors (Lipinski definition) is 3. The van der Waals surface area contributed by atoms with Gasteiger partial charge in [0.1, 0.15) is 0 Å². The molecular formula is C12H17NO3S. The molecule has 0 aromatic heterocycles. The minimum absolute atomic E-state index is 0.0733. The summed E-state index contributed by atoms with van der Waals surface area (Å²) in [5.74, 6) is -0.0733. The molecule has 1 rings (SSSR count). The van der Waals surface area contributed by atoms with E-state index in [-0.39, 0.29) is 10.7 Å². The van der Waals surface area contributed by atoms with Crippen LogP contribution in [0.15, 0.2) is 29.2 Å². The van der Waals surface area contributed by atoms with Crippen LogP contribution in [-0.2, 0) is 10.0 Å². The van der Waals surface area contributed by atoms with E-state index in [0.717, 1.165) is 6.42 Å². The van der Waals surface area contributed by atoms with Gasteiger partial charge in [-0.3, -0.25) is 4.79 Å². The van der Waals surface area contributed by atoms with Crippen molar-refractivity contribution in [3.63, 3.8) is 0 Å². The van der Waals surface area contributed by atoms with Crippen LogP contribution in [0.5, 0.6) is 0 Å². The maximum Gasteiger partial charge on any atom is 0.242 e. The molecule has 0 aliphatic carbocycles. The third kappa shape index (κ3) is 3.14. The molecule has 1 aromatic rings. The topological polar surface area (TPSA) is 54.5 Å². The van der Waals surface area contributed by atoms with Crippen molar-refractivity contribution in [2.24, 2.45) is 0 Å². The number of Topliss-reactive ketones (excluding diaryl/α,β-unsaturated/α-hetero) is 1. The highest BCUT2D eigenvalue weighted by Crippen LogP contribution is 2.15. The lowest BCUT2D eigenvalue weighted by molar-refractivity contribution is 0.101. The molecule has 0 aliphatic heterocycles. The minimum atomic E-state index is -3.42. The van der Waals surface area contributed by atoms with Crippen LogP contribution < -0.4 is 0 Å². The average molecular weight is 255 g/mol. The highest BCUT2D eigenvalue weighted by Gasteiger charge is 2.19. The van der Waals surface area contributed by atoms with Crippen LogP contribution in [0, 0.1) is 0 Å². The first-order chi connectivity index (χ1) is 7.89. The predicted molar refractivity (Wildman–Crippen MR) is 66.6 cm³/mol. The molecular weight excluding hydrogens is 238 g/mol. The maximum absolute atomic E-state index is 12.0. The van der Waals surface area contributed by atoms with Gasteiger partial charge in [0.15, 0.2) is 5.78 Å². The Labute approximate surface area is 102 Å². The predicted octanol–water partition coefficient (Wildman–Crippen LogP) is 1.92. The molecule has 17 heavy (non-hydrogen) atoms. The first kappa shape index (κ1) is 13.9. The SMILES string of the molecule is CCCN(C)S(=O)(=O)c1ccc(C(C)=O)cc1. The summed E-state index contributed by atoms with van der Waals surface area (Å²) in [5.41, 5.74) is 0.516. The van der Waals surface area contributed by atoms with Crippen molar-refractivity contribution in [2.75, 3.05) is 13.6 Å². The van der Waals surface area contributed by atoms with Gasteiger partial charge in [-0.15, -0.1) is 0 Å². The number of rotatable bonds is 5.